The Kier molecular flexibility index (Phi) is 3.78. The Morgan fingerprint density at radius 3 is 3.19 bits per heavy atom. The van der Waals surface area contributed by atoms with E-state index in [1.807, 2.05) is 12.4 Å². The molecule has 0 spiro atoms. The van der Waals surface area contributed by atoms with Crippen molar-refractivity contribution < 1.29 is 0 Å². The number of hydrogen-bond acceptors (Lipinski definition) is 2. The minimum absolute atomic E-state index is 0.481. The van der Waals surface area contributed by atoms with E-state index in [1.54, 1.807) is 0 Å². The molecule has 0 aliphatic heterocycles. The van der Waals surface area contributed by atoms with Gasteiger partial charge in [-0.15, -0.1) is 6.58 Å². The second-order valence-corrected chi connectivity index (χ2v) is 4.55. The van der Waals surface area contributed by atoms with Gasteiger partial charge in [-0.3, -0.25) is 0 Å². The van der Waals surface area contributed by atoms with Crippen molar-refractivity contribution in [3.63, 3.8) is 0 Å². The fourth-order valence-corrected chi connectivity index (χ4v) is 2.36. The number of hydrogen-bond donors (Lipinski definition) is 1. The van der Waals surface area contributed by atoms with Crippen LogP contribution in [0.5, 0.6) is 0 Å². The molecular formula is C13H21N3. The zero-order chi connectivity index (χ0) is 11.4. The number of imidazole rings is 1. The number of nitrogens with zero attached hydrogens (tertiary/aromatic N) is 2. The summed E-state index contributed by atoms with van der Waals surface area (Å²) in [4.78, 5) is 4.52. The Hall–Kier alpha value is -1.09. The molecule has 16 heavy (non-hydrogen) atoms. The number of fused-ring (bicyclic) bond motifs is 1. The lowest BCUT2D eigenvalue weighted by atomic mass is 10.0. The van der Waals surface area contributed by atoms with E-state index in [9.17, 15) is 0 Å². The van der Waals surface area contributed by atoms with Crippen LogP contribution >= 0.6 is 0 Å². The molecular weight excluding hydrogens is 198 g/mol. The average molecular weight is 219 g/mol. The summed E-state index contributed by atoms with van der Waals surface area (Å²) in [6, 6.07) is 0.481. The molecule has 1 aliphatic rings. The summed E-state index contributed by atoms with van der Waals surface area (Å²) in [5, 5.41) is 3.36. The summed E-state index contributed by atoms with van der Waals surface area (Å²) < 4.78 is 2.34. The van der Waals surface area contributed by atoms with Gasteiger partial charge in [0.15, 0.2) is 0 Å². The highest BCUT2D eigenvalue weighted by Crippen LogP contribution is 2.22. The molecule has 1 aromatic rings. The molecule has 1 unspecified atom stereocenters. The van der Waals surface area contributed by atoms with Crippen LogP contribution in [0.4, 0.5) is 0 Å². The van der Waals surface area contributed by atoms with Gasteiger partial charge in [0.05, 0.1) is 12.0 Å². The van der Waals surface area contributed by atoms with Crippen molar-refractivity contribution in [2.75, 3.05) is 13.1 Å². The maximum atomic E-state index is 4.52. The van der Waals surface area contributed by atoms with Gasteiger partial charge in [0.2, 0.25) is 0 Å². The van der Waals surface area contributed by atoms with Crippen LogP contribution < -0.4 is 5.32 Å². The first-order chi connectivity index (χ1) is 7.83. The van der Waals surface area contributed by atoms with Gasteiger partial charge in [-0.05, 0) is 32.6 Å². The number of aromatic nitrogens is 2. The van der Waals surface area contributed by atoms with Crippen LogP contribution in [-0.2, 0) is 12.8 Å². The van der Waals surface area contributed by atoms with Gasteiger partial charge in [-0.25, -0.2) is 4.98 Å². The van der Waals surface area contributed by atoms with E-state index in [-0.39, 0.29) is 0 Å². The molecule has 1 N–H and O–H groups in total. The quantitative estimate of drug-likeness (QED) is 0.607. The molecule has 0 aromatic carbocycles. The molecule has 1 heterocycles. The molecule has 3 nitrogen and oxygen atoms in total. The number of aryl methyl sites for hydroxylation is 1. The summed E-state index contributed by atoms with van der Waals surface area (Å²) >= 11 is 0. The highest BCUT2D eigenvalue weighted by molar-refractivity contribution is 5.17. The molecule has 3 heteroatoms. The van der Waals surface area contributed by atoms with Crippen LogP contribution in [0.15, 0.2) is 19.0 Å². The molecule has 1 aliphatic carbocycles. The lowest BCUT2D eigenvalue weighted by molar-refractivity contribution is 0.483. The Bertz CT molecular complexity index is 354. The van der Waals surface area contributed by atoms with Crippen molar-refractivity contribution in [1.29, 1.82) is 0 Å². The van der Waals surface area contributed by atoms with E-state index in [1.165, 1.54) is 30.7 Å². The molecule has 1 atom stereocenters. The minimum Gasteiger partial charge on any atom is -0.330 e. The second kappa shape index (κ2) is 5.30. The maximum Gasteiger partial charge on any atom is 0.0954 e. The van der Waals surface area contributed by atoms with Crippen LogP contribution in [-0.4, -0.2) is 22.6 Å². The Labute approximate surface area is 97.6 Å². The summed E-state index contributed by atoms with van der Waals surface area (Å²) in [6.07, 6.45) is 8.88. The first-order valence-corrected chi connectivity index (χ1v) is 6.19. The van der Waals surface area contributed by atoms with Crippen molar-refractivity contribution in [2.24, 2.45) is 0 Å². The Balaban J connectivity index is 2.02. The molecule has 2 rings (SSSR count). The third-order valence-corrected chi connectivity index (χ3v) is 3.26. The fraction of sp³-hybridized carbons (Fsp3) is 0.615. The molecule has 0 radical (unpaired) electrons. The van der Waals surface area contributed by atoms with E-state index in [2.05, 4.69) is 28.4 Å². The van der Waals surface area contributed by atoms with E-state index in [4.69, 9.17) is 0 Å². The van der Waals surface area contributed by atoms with E-state index < -0.39 is 0 Å². The Morgan fingerprint density at radius 1 is 1.56 bits per heavy atom. The lowest BCUT2D eigenvalue weighted by Gasteiger charge is -2.19. The van der Waals surface area contributed by atoms with E-state index in [0.717, 1.165) is 19.5 Å². The molecule has 88 valence electrons. The van der Waals surface area contributed by atoms with Crippen molar-refractivity contribution >= 4 is 0 Å². The van der Waals surface area contributed by atoms with Crippen molar-refractivity contribution in [2.45, 2.75) is 38.6 Å². The highest BCUT2D eigenvalue weighted by atomic mass is 15.1. The van der Waals surface area contributed by atoms with Gasteiger partial charge in [-0.1, -0.05) is 6.08 Å². The Morgan fingerprint density at radius 2 is 2.38 bits per heavy atom. The van der Waals surface area contributed by atoms with Gasteiger partial charge < -0.3 is 9.88 Å². The normalized spacial score (nSPS) is 16.8. The second-order valence-electron chi connectivity index (χ2n) is 4.55. The lowest BCUT2D eigenvalue weighted by Crippen LogP contribution is -2.24. The standard InChI is InChI=1S/C13H21N3/c1-3-8-14-9-11(2)16-10-15-12-6-4-5-7-13(12)16/h3,10-11,14H,1,4-9H2,2H3. The molecule has 1 aromatic heterocycles. The first kappa shape index (κ1) is 11.4. The predicted octanol–water partition coefficient (Wildman–Crippen LogP) is 2.10. The maximum absolute atomic E-state index is 4.52. The smallest absolute Gasteiger partial charge is 0.0954 e. The molecule has 0 bridgehead atoms. The fourth-order valence-electron chi connectivity index (χ4n) is 2.36. The van der Waals surface area contributed by atoms with E-state index in [0.29, 0.717) is 6.04 Å². The van der Waals surface area contributed by atoms with Crippen LogP contribution in [0.25, 0.3) is 0 Å². The van der Waals surface area contributed by atoms with Crippen molar-refractivity contribution in [3.8, 4) is 0 Å². The SMILES string of the molecule is C=CCNCC(C)n1cnc2c1CCCC2. The van der Waals surface area contributed by atoms with Crippen LogP contribution in [0.2, 0.25) is 0 Å². The molecule has 0 amide bonds. The van der Waals surface area contributed by atoms with Gasteiger partial charge in [0.1, 0.15) is 0 Å². The predicted molar refractivity (Wildman–Crippen MR) is 66.6 cm³/mol. The first-order valence-electron chi connectivity index (χ1n) is 6.19. The van der Waals surface area contributed by atoms with Gasteiger partial charge in [0.25, 0.3) is 0 Å². The summed E-state index contributed by atoms with van der Waals surface area (Å²) in [6.45, 7) is 7.81. The zero-order valence-electron chi connectivity index (χ0n) is 10.1. The summed E-state index contributed by atoms with van der Waals surface area (Å²) in [7, 11) is 0. The van der Waals surface area contributed by atoms with Crippen molar-refractivity contribution in [1.82, 2.24) is 14.9 Å². The summed E-state index contributed by atoms with van der Waals surface area (Å²) in [5.41, 5.74) is 2.78. The van der Waals surface area contributed by atoms with Gasteiger partial charge in [-0.2, -0.15) is 0 Å². The molecule has 0 saturated carbocycles. The van der Waals surface area contributed by atoms with Crippen molar-refractivity contribution in [3.05, 3.63) is 30.4 Å². The minimum atomic E-state index is 0.481. The van der Waals surface area contributed by atoms with Crippen LogP contribution in [0.1, 0.15) is 37.2 Å². The zero-order valence-corrected chi connectivity index (χ0v) is 10.1. The largest absolute Gasteiger partial charge is 0.330 e. The third kappa shape index (κ3) is 2.35. The highest BCUT2D eigenvalue weighted by Gasteiger charge is 2.17. The van der Waals surface area contributed by atoms with E-state index >= 15 is 0 Å². The molecule has 0 fully saturated rings. The van der Waals surface area contributed by atoms with Gasteiger partial charge >= 0.3 is 0 Å². The third-order valence-electron chi connectivity index (χ3n) is 3.26. The number of rotatable bonds is 5. The summed E-state index contributed by atoms with van der Waals surface area (Å²) in [5.74, 6) is 0. The molecule has 0 saturated heterocycles. The van der Waals surface area contributed by atoms with Crippen LogP contribution in [0, 0.1) is 0 Å². The van der Waals surface area contributed by atoms with Gasteiger partial charge in [0, 0.05) is 24.8 Å². The average Bonchev–Trinajstić information content (AvgIpc) is 2.73. The topological polar surface area (TPSA) is 29.9 Å². The van der Waals surface area contributed by atoms with Crippen LogP contribution in [0.3, 0.4) is 0 Å². The monoisotopic (exact) mass is 219 g/mol. The number of nitrogens with one attached hydrogen (secondary N) is 1.